The van der Waals surface area contributed by atoms with Crippen LogP contribution in [0.3, 0.4) is 0 Å². The number of aryl methyl sites for hydroxylation is 10. The first-order valence-electron chi connectivity index (χ1n) is 34.1. The largest absolute Gasteiger partial charge is 0.343 e. The smallest absolute Gasteiger partial charge is 0.214 e. The fraction of sp³-hybridized carbons (Fsp3) is 0.188. The predicted octanol–water partition coefficient (Wildman–Crippen LogP) is 19.9. The standard InChI is InChI=1S/C30H31N2.C30H25N2.C25H23N2/c2*1-20-9-7-8-12-24(20)28-18-29-27(19-31(28)2)26-16-14-23-17-22(21-10-5-4-6-11-21)13-15-25(23)30(26)32(29)3;1-16-9-11-19(17(2)13-16)23-14-24-22(15-26(23)3)21-12-10-18-7-5-6-8-20(18)25(21)27(24)4/h7-9,12-19,21H,4-6,10-11H2,1-3H3;4-19H,1-3H3;5-15H,1-4H3/q3*+1/i21D;;1D3. The molecule has 6 aromatic heterocycles. The molecule has 0 aliphatic heterocycles. The molecule has 6 heterocycles. The lowest BCUT2D eigenvalue weighted by atomic mass is 9.83. The van der Waals surface area contributed by atoms with Crippen LogP contribution in [0.15, 0.2) is 231 Å². The van der Waals surface area contributed by atoms with E-state index in [1.165, 1.54) is 162 Å². The molecule has 10 aromatic carbocycles. The lowest BCUT2D eigenvalue weighted by Crippen LogP contribution is -2.30. The second-order valence-electron chi connectivity index (χ2n) is 25.6. The molecule has 6 heteroatoms. The van der Waals surface area contributed by atoms with Crippen molar-refractivity contribution in [2.45, 2.75) is 65.6 Å². The minimum Gasteiger partial charge on any atom is -0.343 e. The predicted molar refractivity (Wildman–Crippen MR) is 384 cm³/mol. The van der Waals surface area contributed by atoms with E-state index in [4.69, 9.17) is 5.48 Å². The van der Waals surface area contributed by atoms with Gasteiger partial charge in [0.2, 0.25) is 17.1 Å². The van der Waals surface area contributed by atoms with Gasteiger partial charge in [-0.25, -0.2) is 13.7 Å². The Balaban J connectivity index is 0.000000117. The summed E-state index contributed by atoms with van der Waals surface area (Å²) in [5, 5.41) is 15.2. The van der Waals surface area contributed by atoms with Gasteiger partial charge in [-0.2, -0.15) is 0 Å². The molecule has 17 rings (SSSR count). The monoisotopic (exact) mass is 1190 g/mol. The minimum absolute atomic E-state index is 0.378. The molecule has 0 unspecified atom stereocenters. The van der Waals surface area contributed by atoms with Crippen LogP contribution in [-0.4, -0.2) is 13.7 Å². The summed E-state index contributed by atoms with van der Waals surface area (Å²) in [6.45, 7) is 4.24. The first kappa shape index (κ1) is 52.7. The van der Waals surface area contributed by atoms with E-state index in [2.05, 4.69) is 289 Å². The number of benzene rings is 10. The van der Waals surface area contributed by atoms with E-state index in [0.717, 1.165) is 35.2 Å². The van der Waals surface area contributed by atoms with Crippen molar-refractivity contribution in [3.05, 3.63) is 259 Å². The van der Waals surface area contributed by atoms with Crippen molar-refractivity contribution < 1.29 is 19.2 Å². The summed E-state index contributed by atoms with van der Waals surface area (Å²) in [6, 6.07) is 75.6. The molecule has 1 aliphatic carbocycles. The molecular weight excluding hydrogens is 1100 g/mol. The zero-order chi connectivity index (χ0) is 65.8. The summed E-state index contributed by atoms with van der Waals surface area (Å²) < 4.78 is 45.7. The van der Waals surface area contributed by atoms with Crippen LogP contribution in [0.1, 0.15) is 71.3 Å². The van der Waals surface area contributed by atoms with Crippen LogP contribution in [0.2, 0.25) is 0 Å². The molecule has 0 radical (unpaired) electrons. The zero-order valence-electron chi connectivity index (χ0n) is 57.7. The van der Waals surface area contributed by atoms with Crippen molar-refractivity contribution in [1.82, 2.24) is 13.7 Å². The summed E-state index contributed by atoms with van der Waals surface area (Å²) in [6.07, 6.45) is 12.3. The molecule has 0 atom stereocenters. The van der Waals surface area contributed by atoms with E-state index in [9.17, 15) is 0 Å². The fourth-order valence-corrected chi connectivity index (χ4v) is 15.1. The molecular formula is C85H79N6+3. The molecule has 1 fully saturated rings. The van der Waals surface area contributed by atoms with Crippen LogP contribution >= 0.6 is 0 Å². The van der Waals surface area contributed by atoms with Crippen LogP contribution in [0.25, 0.3) is 143 Å². The Labute approximate surface area is 539 Å². The van der Waals surface area contributed by atoms with Gasteiger partial charge in [-0.1, -0.05) is 195 Å². The number of rotatable bonds is 5. The average Bonchev–Trinajstić information content (AvgIpc) is 1.60. The van der Waals surface area contributed by atoms with Gasteiger partial charge >= 0.3 is 0 Å². The van der Waals surface area contributed by atoms with Crippen LogP contribution in [0.5, 0.6) is 0 Å². The molecule has 0 N–H and O–H groups in total. The summed E-state index contributed by atoms with van der Waals surface area (Å²) in [7, 11) is 12.8. The molecule has 0 spiro atoms. The fourth-order valence-electron chi connectivity index (χ4n) is 15.1. The summed E-state index contributed by atoms with van der Waals surface area (Å²) in [5.41, 5.74) is 22.2. The van der Waals surface area contributed by atoms with Crippen molar-refractivity contribution >= 4 is 97.7 Å². The Morgan fingerprint density at radius 2 is 0.802 bits per heavy atom. The van der Waals surface area contributed by atoms with Crippen molar-refractivity contribution in [2.24, 2.45) is 42.3 Å². The van der Waals surface area contributed by atoms with Gasteiger partial charge in [0, 0.05) is 93.8 Å². The number of hydrogen-bond donors (Lipinski definition) is 0. The van der Waals surface area contributed by atoms with Gasteiger partial charge in [0.05, 0.1) is 49.3 Å². The van der Waals surface area contributed by atoms with Crippen LogP contribution in [0, 0.1) is 27.6 Å². The summed E-state index contributed by atoms with van der Waals surface area (Å²) in [5.74, 6) is -0.420. The SMILES string of the molecule is Cc1ccccc1-c1cc2c(c[n+]1C)c1ccc3cc(-c4ccccc4)ccc3c1n2C.[2H]C([2H])([2H])c1ccc(-c2cc3c(c[n+]2C)c2ccc4ccccc4c2n3C)c(C)c1.[2H]C1(c2ccc3c(ccc4c5c[n+](C)c(-c6ccccc6C)cc5n(C)c34)c2)CCCCC1. The summed E-state index contributed by atoms with van der Waals surface area (Å²) in [4.78, 5) is 0. The van der Waals surface area contributed by atoms with E-state index in [-0.39, 0.29) is 0 Å². The highest BCUT2D eigenvalue weighted by atomic mass is 15.0. The average molecular weight is 1190 g/mol. The molecule has 16 aromatic rings. The van der Waals surface area contributed by atoms with Gasteiger partial charge in [0.15, 0.2) is 18.6 Å². The van der Waals surface area contributed by atoms with Gasteiger partial charge in [-0.3, -0.25) is 0 Å². The molecule has 91 heavy (non-hydrogen) atoms. The number of fused-ring (bicyclic) bond motifs is 15. The maximum atomic E-state index is 9.07. The molecule has 1 saturated carbocycles. The molecule has 446 valence electrons. The molecule has 0 saturated heterocycles. The number of aromatic nitrogens is 6. The minimum atomic E-state index is -2.09. The Morgan fingerprint density at radius 1 is 0.363 bits per heavy atom. The second-order valence-corrected chi connectivity index (χ2v) is 25.6. The van der Waals surface area contributed by atoms with Crippen molar-refractivity contribution in [1.29, 1.82) is 0 Å². The Kier molecular flexibility index (Phi) is 13.3. The van der Waals surface area contributed by atoms with E-state index in [1.807, 2.05) is 20.0 Å². The van der Waals surface area contributed by atoms with Crippen LogP contribution < -0.4 is 13.7 Å². The first-order chi connectivity index (χ1) is 45.8. The van der Waals surface area contributed by atoms with Crippen LogP contribution in [0.4, 0.5) is 0 Å². The van der Waals surface area contributed by atoms with Gasteiger partial charge in [0.1, 0.15) is 21.1 Å². The maximum Gasteiger partial charge on any atom is 0.214 e. The normalized spacial score (nSPS) is 14.0. The van der Waals surface area contributed by atoms with E-state index in [0.29, 0.717) is 5.56 Å². The lowest BCUT2D eigenvalue weighted by molar-refractivity contribution is -0.659. The molecule has 6 nitrogen and oxygen atoms in total. The van der Waals surface area contributed by atoms with Crippen molar-refractivity contribution in [3.63, 3.8) is 0 Å². The van der Waals surface area contributed by atoms with E-state index >= 15 is 0 Å². The van der Waals surface area contributed by atoms with Gasteiger partial charge < -0.3 is 13.7 Å². The third-order valence-corrected chi connectivity index (χ3v) is 19.9. The quantitative estimate of drug-likeness (QED) is 0.154. The topological polar surface area (TPSA) is 26.4 Å². The Bertz CT molecular complexity index is 5760. The number of hydrogen-bond acceptors (Lipinski definition) is 0. The highest BCUT2D eigenvalue weighted by molar-refractivity contribution is 6.20. The third kappa shape index (κ3) is 9.92. The molecule has 0 amide bonds. The van der Waals surface area contributed by atoms with Crippen molar-refractivity contribution in [2.75, 3.05) is 0 Å². The van der Waals surface area contributed by atoms with E-state index in [1.54, 1.807) is 12.1 Å². The highest BCUT2D eigenvalue weighted by Gasteiger charge is 2.24. The van der Waals surface area contributed by atoms with Gasteiger partial charge in [0.25, 0.3) is 0 Å². The van der Waals surface area contributed by atoms with Crippen molar-refractivity contribution in [3.8, 4) is 44.9 Å². The van der Waals surface area contributed by atoms with Gasteiger partial charge in [-0.15, -0.1) is 0 Å². The zero-order valence-corrected chi connectivity index (χ0v) is 53.7. The molecule has 0 bridgehead atoms. The third-order valence-electron chi connectivity index (χ3n) is 19.9. The highest BCUT2D eigenvalue weighted by Crippen LogP contribution is 2.41. The first-order valence-corrected chi connectivity index (χ1v) is 32.1. The number of nitrogens with zero attached hydrogens (tertiary/aromatic N) is 6. The molecule has 1 aliphatic rings. The Hall–Kier alpha value is -10.2. The van der Waals surface area contributed by atoms with Gasteiger partial charge in [-0.05, 0) is 120 Å². The maximum absolute atomic E-state index is 9.07. The summed E-state index contributed by atoms with van der Waals surface area (Å²) >= 11 is 0. The van der Waals surface area contributed by atoms with E-state index < -0.39 is 12.7 Å². The second kappa shape index (κ2) is 23.0. The number of pyridine rings is 3. The lowest BCUT2D eigenvalue weighted by Gasteiger charge is -2.22. The van der Waals surface area contributed by atoms with Crippen LogP contribution in [-0.2, 0) is 42.3 Å². The Morgan fingerprint density at radius 3 is 1.32 bits per heavy atom.